The molecule has 0 atom stereocenters. The van der Waals surface area contributed by atoms with Crippen LogP contribution >= 0.6 is 0 Å². The molecular weight excluding hydrogens is 198 g/mol. The van der Waals surface area contributed by atoms with Gasteiger partial charge in [-0.2, -0.15) is 5.90 Å². The lowest BCUT2D eigenvalue weighted by atomic mass is 10.3. The van der Waals surface area contributed by atoms with Gasteiger partial charge in [0.05, 0.1) is 25.2 Å². The number of anilines is 1. The summed E-state index contributed by atoms with van der Waals surface area (Å²) in [6.07, 6.45) is 1.52. The van der Waals surface area contributed by atoms with Gasteiger partial charge in [0.15, 0.2) is 0 Å². The summed E-state index contributed by atoms with van der Waals surface area (Å²) in [6, 6.07) is 1.80. The maximum atomic E-state index is 7.46. The highest BCUT2D eigenvalue weighted by atomic mass is 16.6. The predicted molar refractivity (Wildman–Crippen MR) is 53.8 cm³/mol. The van der Waals surface area contributed by atoms with Gasteiger partial charge in [0.1, 0.15) is 0 Å². The monoisotopic (exact) mass is 211 g/mol. The molecule has 2 rings (SSSR count). The molecule has 0 saturated carbocycles. The summed E-state index contributed by atoms with van der Waals surface area (Å²) < 4.78 is 10.4. The summed E-state index contributed by atoms with van der Waals surface area (Å²) in [7, 11) is 0. The molecule has 0 aromatic carbocycles. The average Bonchev–Trinajstić information content (AvgIpc) is 2.78. The van der Waals surface area contributed by atoms with Crippen molar-refractivity contribution in [3.8, 4) is 0 Å². The number of morpholine rings is 1. The first kappa shape index (κ1) is 10.0. The van der Waals surface area contributed by atoms with E-state index in [1.807, 2.05) is 0 Å². The quantitative estimate of drug-likeness (QED) is 0.418. The summed E-state index contributed by atoms with van der Waals surface area (Å²) in [6.45, 7) is 2.93. The third-order valence-corrected chi connectivity index (χ3v) is 2.32. The third-order valence-electron chi connectivity index (χ3n) is 2.32. The van der Waals surface area contributed by atoms with E-state index in [0.29, 0.717) is 19.0 Å². The minimum absolute atomic E-state index is 0.165. The van der Waals surface area contributed by atoms with Gasteiger partial charge in [0.25, 0.3) is 5.90 Å². The Morgan fingerprint density at radius 3 is 2.87 bits per heavy atom. The normalized spacial score (nSPS) is 16.5. The number of rotatable bonds is 2. The Labute approximate surface area is 87.0 Å². The van der Waals surface area contributed by atoms with E-state index in [1.165, 1.54) is 6.26 Å². The maximum absolute atomic E-state index is 7.46. The molecule has 1 saturated heterocycles. The van der Waals surface area contributed by atoms with E-state index in [2.05, 4.69) is 9.74 Å². The van der Waals surface area contributed by atoms with Gasteiger partial charge >= 0.3 is 0 Å². The first-order valence-electron chi connectivity index (χ1n) is 4.69. The smallest absolute Gasteiger partial charge is 0.275 e. The molecule has 82 valence electrons. The van der Waals surface area contributed by atoms with Crippen molar-refractivity contribution >= 4 is 11.6 Å². The summed E-state index contributed by atoms with van der Waals surface area (Å²) in [5.74, 6) is 5.13. The van der Waals surface area contributed by atoms with Crippen molar-refractivity contribution in [1.82, 2.24) is 0 Å². The van der Waals surface area contributed by atoms with Crippen molar-refractivity contribution in [1.29, 1.82) is 5.41 Å². The van der Waals surface area contributed by atoms with Gasteiger partial charge in [-0.3, -0.25) is 5.41 Å². The fourth-order valence-electron chi connectivity index (χ4n) is 1.58. The lowest BCUT2D eigenvalue weighted by Crippen LogP contribution is -2.36. The van der Waals surface area contributed by atoms with Gasteiger partial charge in [-0.1, -0.05) is 0 Å². The van der Waals surface area contributed by atoms with Gasteiger partial charge < -0.3 is 18.9 Å². The summed E-state index contributed by atoms with van der Waals surface area (Å²) in [5, 5.41) is 7.46. The molecule has 1 aliphatic rings. The molecule has 3 N–H and O–H groups in total. The molecule has 2 heterocycles. The Bertz CT molecular complexity index is 344. The number of hydrogen-bond acceptors (Lipinski definition) is 6. The molecular formula is C9H13N3O3. The highest BCUT2D eigenvalue weighted by Crippen LogP contribution is 2.23. The zero-order chi connectivity index (χ0) is 10.7. The van der Waals surface area contributed by atoms with Crippen molar-refractivity contribution in [2.75, 3.05) is 31.2 Å². The Morgan fingerprint density at radius 1 is 1.47 bits per heavy atom. The molecule has 0 radical (unpaired) electrons. The molecule has 1 fully saturated rings. The largest absolute Gasteiger partial charge is 0.457 e. The van der Waals surface area contributed by atoms with Gasteiger partial charge in [0.2, 0.25) is 5.76 Å². The highest BCUT2D eigenvalue weighted by Gasteiger charge is 2.20. The zero-order valence-electron chi connectivity index (χ0n) is 8.23. The van der Waals surface area contributed by atoms with Crippen LogP contribution in [0.25, 0.3) is 0 Å². The topological polar surface area (TPSA) is 84.7 Å². The van der Waals surface area contributed by atoms with Crippen LogP contribution in [0.15, 0.2) is 16.7 Å². The zero-order valence-corrected chi connectivity index (χ0v) is 8.23. The van der Waals surface area contributed by atoms with Gasteiger partial charge in [-0.05, 0) is 0 Å². The minimum Gasteiger partial charge on any atom is -0.457 e. The first-order chi connectivity index (χ1) is 7.33. The van der Waals surface area contributed by atoms with E-state index >= 15 is 0 Å². The maximum Gasteiger partial charge on any atom is 0.275 e. The van der Waals surface area contributed by atoms with E-state index in [1.54, 1.807) is 6.07 Å². The second-order valence-electron chi connectivity index (χ2n) is 3.18. The summed E-state index contributed by atoms with van der Waals surface area (Å²) in [4.78, 5) is 6.44. The van der Waals surface area contributed by atoms with E-state index < -0.39 is 0 Å². The van der Waals surface area contributed by atoms with Crippen LogP contribution in [0, 0.1) is 5.41 Å². The van der Waals surface area contributed by atoms with E-state index in [9.17, 15) is 0 Å². The number of hydrogen-bond donors (Lipinski definition) is 2. The van der Waals surface area contributed by atoms with Crippen LogP contribution in [-0.2, 0) is 9.57 Å². The molecule has 1 aliphatic heterocycles. The number of nitrogens with zero attached hydrogens (tertiary/aromatic N) is 1. The number of nitrogens with one attached hydrogen (secondary N) is 1. The number of furan rings is 1. The standard InChI is InChI=1S/C9H13N3O3/c10-9(15-11)8-7(1-4-14-8)12-2-5-13-6-3-12/h1,4,10H,2-3,5-6,11H2. The van der Waals surface area contributed by atoms with Crippen molar-refractivity contribution in [2.24, 2.45) is 5.90 Å². The van der Waals surface area contributed by atoms with E-state index in [0.717, 1.165) is 18.8 Å². The average molecular weight is 211 g/mol. The molecule has 6 nitrogen and oxygen atoms in total. The molecule has 15 heavy (non-hydrogen) atoms. The molecule has 6 heteroatoms. The van der Waals surface area contributed by atoms with Gasteiger partial charge in [-0.25, -0.2) is 0 Å². The van der Waals surface area contributed by atoms with Crippen molar-refractivity contribution in [2.45, 2.75) is 0 Å². The highest BCUT2D eigenvalue weighted by molar-refractivity contribution is 5.94. The second kappa shape index (κ2) is 4.33. The lowest BCUT2D eigenvalue weighted by molar-refractivity contribution is 0.122. The Hall–Kier alpha value is -1.53. The third kappa shape index (κ3) is 1.95. The van der Waals surface area contributed by atoms with Crippen LogP contribution in [0.4, 0.5) is 5.69 Å². The molecule has 0 amide bonds. The van der Waals surface area contributed by atoms with Crippen molar-refractivity contribution < 1.29 is 14.0 Å². The minimum atomic E-state index is -0.165. The molecule has 1 aromatic rings. The second-order valence-corrected chi connectivity index (χ2v) is 3.18. The molecule has 0 aliphatic carbocycles. The van der Waals surface area contributed by atoms with Crippen LogP contribution in [-0.4, -0.2) is 32.2 Å². The Kier molecular flexibility index (Phi) is 2.89. The fraction of sp³-hybridized carbons (Fsp3) is 0.444. The molecule has 0 bridgehead atoms. The van der Waals surface area contributed by atoms with Crippen LogP contribution in [0.1, 0.15) is 5.76 Å². The predicted octanol–water partition coefficient (Wildman–Crippen LogP) is 0.332. The van der Waals surface area contributed by atoms with Crippen LogP contribution in [0.3, 0.4) is 0 Å². The van der Waals surface area contributed by atoms with Crippen LogP contribution in [0.2, 0.25) is 0 Å². The summed E-state index contributed by atoms with van der Waals surface area (Å²) >= 11 is 0. The van der Waals surface area contributed by atoms with Gasteiger partial charge in [0, 0.05) is 19.2 Å². The fourth-order valence-corrected chi connectivity index (χ4v) is 1.58. The molecule has 0 spiro atoms. The lowest BCUT2D eigenvalue weighted by Gasteiger charge is -2.28. The Morgan fingerprint density at radius 2 is 2.20 bits per heavy atom. The molecule has 1 aromatic heterocycles. The Balaban J connectivity index is 2.19. The summed E-state index contributed by atoms with van der Waals surface area (Å²) in [5.41, 5.74) is 0.828. The van der Waals surface area contributed by atoms with E-state index in [-0.39, 0.29) is 5.90 Å². The SMILES string of the molecule is N=C(ON)c1occc1N1CCOCC1. The van der Waals surface area contributed by atoms with Crippen LogP contribution < -0.4 is 10.8 Å². The van der Waals surface area contributed by atoms with Crippen molar-refractivity contribution in [3.05, 3.63) is 18.1 Å². The van der Waals surface area contributed by atoms with Crippen molar-refractivity contribution in [3.63, 3.8) is 0 Å². The van der Waals surface area contributed by atoms with Gasteiger partial charge in [-0.15, -0.1) is 0 Å². The number of ether oxygens (including phenoxy) is 1. The first-order valence-corrected chi connectivity index (χ1v) is 4.69. The number of nitrogens with two attached hydrogens (primary N) is 1. The van der Waals surface area contributed by atoms with Crippen LogP contribution in [0.5, 0.6) is 0 Å². The van der Waals surface area contributed by atoms with E-state index in [4.69, 9.17) is 20.5 Å². The molecule has 0 unspecified atom stereocenters.